The summed E-state index contributed by atoms with van der Waals surface area (Å²) in [4.78, 5) is 8.41. The SMILES string of the molecule is Cc1ncc(-c2ccccc2)nc1Cl. The lowest BCUT2D eigenvalue weighted by molar-refractivity contribution is 1.12. The Morgan fingerprint density at radius 3 is 2.50 bits per heavy atom. The van der Waals surface area contributed by atoms with Gasteiger partial charge in [-0.2, -0.15) is 0 Å². The van der Waals surface area contributed by atoms with Crippen molar-refractivity contribution in [2.45, 2.75) is 6.92 Å². The molecule has 3 heteroatoms. The van der Waals surface area contributed by atoms with E-state index < -0.39 is 0 Å². The van der Waals surface area contributed by atoms with Gasteiger partial charge in [0.25, 0.3) is 0 Å². The van der Waals surface area contributed by atoms with Crippen molar-refractivity contribution in [3.8, 4) is 11.3 Å². The van der Waals surface area contributed by atoms with Crippen molar-refractivity contribution in [3.05, 3.63) is 47.4 Å². The highest BCUT2D eigenvalue weighted by atomic mass is 35.5. The topological polar surface area (TPSA) is 25.8 Å². The van der Waals surface area contributed by atoms with Gasteiger partial charge in [0, 0.05) is 5.56 Å². The number of nitrogens with zero attached hydrogens (tertiary/aromatic N) is 2. The predicted octanol–water partition coefficient (Wildman–Crippen LogP) is 3.11. The minimum absolute atomic E-state index is 0.464. The smallest absolute Gasteiger partial charge is 0.150 e. The highest BCUT2D eigenvalue weighted by Crippen LogP contribution is 2.18. The van der Waals surface area contributed by atoms with Gasteiger partial charge in [-0.3, -0.25) is 4.98 Å². The lowest BCUT2D eigenvalue weighted by Crippen LogP contribution is -1.90. The molecule has 0 spiro atoms. The maximum absolute atomic E-state index is 5.89. The van der Waals surface area contributed by atoms with Crippen molar-refractivity contribution in [3.63, 3.8) is 0 Å². The first-order chi connectivity index (χ1) is 6.77. The van der Waals surface area contributed by atoms with Crippen LogP contribution in [-0.2, 0) is 0 Å². The van der Waals surface area contributed by atoms with Gasteiger partial charge in [-0.25, -0.2) is 4.98 Å². The van der Waals surface area contributed by atoms with Crippen molar-refractivity contribution in [2.75, 3.05) is 0 Å². The lowest BCUT2D eigenvalue weighted by Gasteiger charge is -2.01. The molecular formula is C11H9ClN2. The quantitative estimate of drug-likeness (QED) is 0.714. The Kier molecular flexibility index (Phi) is 2.46. The molecule has 0 aliphatic carbocycles. The summed E-state index contributed by atoms with van der Waals surface area (Å²) in [5.41, 5.74) is 2.59. The second kappa shape index (κ2) is 3.76. The Hall–Kier alpha value is -1.41. The lowest BCUT2D eigenvalue weighted by atomic mass is 10.2. The third-order valence-corrected chi connectivity index (χ3v) is 2.33. The largest absolute Gasteiger partial charge is 0.256 e. The van der Waals surface area contributed by atoms with Crippen LogP contribution in [0.2, 0.25) is 5.15 Å². The molecule has 1 heterocycles. The highest BCUT2D eigenvalue weighted by molar-refractivity contribution is 6.30. The second-order valence-corrected chi connectivity index (χ2v) is 3.36. The van der Waals surface area contributed by atoms with E-state index in [9.17, 15) is 0 Å². The van der Waals surface area contributed by atoms with Crippen molar-refractivity contribution in [1.82, 2.24) is 9.97 Å². The van der Waals surface area contributed by atoms with E-state index in [-0.39, 0.29) is 0 Å². The fourth-order valence-corrected chi connectivity index (χ4v) is 1.31. The van der Waals surface area contributed by atoms with Gasteiger partial charge >= 0.3 is 0 Å². The fourth-order valence-electron chi connectivity index (χ4n) is 1.17. The molecule has 0 N–H and O–H groups in total. The summed E-state index contributed by atoms with van der Waals surface area (Å²) in [6, 6.07) is 9.85. The van der Waals surface area contributed by atoms with Gasteiger partial charge in [0.2, 0.25) is 0 Å². The van der Waals surface area contributed by atoms with Crippen molar-refractivity contribution in [2.24, 2.45) is 0 Å². The third-order valence-electron chi connectivity index (χ3n) is 1.97. The van der Waals surface area contributed by atoms with Crippen LogP contribution in [0.15, 0.2) is 36.5 Å². The molecule has 1 aromatic heterocycles. The first kappa shape index (κ1) is 9.16. The normalized spacial score (nSPS) is 10.1. The van der Waals surface area contributed by atoms with Gasteiger partial charge in [-0.05, 0) is 6.92 Å². The summed E-state index contributed by atoms with van der Waals surface area (Å²) in [5.74, 6) is 0. The molecule has 0 aliphatic heterocycles. The number of rotatable bonds is 1. The number of aromatic nitrogens is 2. The van der Waals surface area contributed by atoms with Crippen LogP contribution in [0.5, 0.6) is 0 Å². The summed E-state index contributed by atoms with van der Waals surface area (Å²) in [7, 11) is 0. The van der Waals surface area contributed by atoms with Gasteiger partial charge in [-0.15, -0.1) is 0 Å². The zero-order valence-electron chi connectivity index (χ0n) is 7.74. The Morgan fingerprint density at radius 2 is 1.86 bits per heavy atom. The zero-order valence-corrected chi connectivity index (χ0v) is 8.49. The van der Waals surface area contributed by atoms with E-state index in [4.69, 9.17) is 11.6 Å². The van der Waals surface area contributed by atoms with Crippen LogP contribution in [0.3, 0.4) is 0 Å². The number of halogens is 1. The summed E-state index contributed by atoms with van der Waals surface area (Å²) in [6.07, 6.45) is 1.73. The molecule has 2 nitrogen and oxygen atoms in total. The summed E-state index contributed by atoms with van der Waals surface area (Å²) >= 11 is 5.89. The Morgan fingerprint density at radius 1 is 1.14 bits per heavy atom. The van der Waals surface area contributed by atoms with Gasteiger partial charge in [0.15, 0.2) is 5.15 Å². The summed E-state index contributed by atoms with van der Waals surface area (Å²) in [5, 5.41) is 0.464. The Bertz CT molecular complexity index is 440. The van der Waals surface area contributed by atoms with Crippen LogP contribution >= 0.6 is 11.6 Å². The molecule has 14 heavy (non-hydrogen) atoms. The van der Waals surface area contributed by atoms with E-state index in [1.807, 2.05) is 37.3 Å². The number of aryl methyl sites for hydroxylation is 1. The number of hydrogen-bond acceptors (Lipinski definition) is 2. The molecule has 2 rings (SSSR count). The molecule has 0 aliphatic rings. The minimum Gasteiger partial charge on any atom is -0.256 e. The molecular weight excluding hydrogens is 196 g/mol. The van der Waals surface area contributed by atoms with Crippen molar-refractivity contribution in [1.29, 1.82) is 0 Å². The zero-order chi connectivity index (χ0) is 9.97. The molecule has 0 atom stereocenters. The summed E-state index contributed by atoms with van der Waals surface area (Å²) < 4.78 is 0. The van der Waals surface area contributed by atoms with Crippen molar-refractivity contribution < 1.29 is 0 Å². The van der Waals surface area contributed by atoms with Gasteiger partial charge in [-0.1, -0.05) is 41.9 Å². The molecule has 70 valence electrons. The summed E-state index contributed by atoms with van der Waals surface area (Å²) in [6.45, 7) is 1.84. The van der Waals surface area contributed by atoms with E-state index in [2.05, 4.69) is 9.97 Å². The van der Waals surface area contributed by atoms with Crippen LogP contribution in [0, 0.1) is 6.92 Å². The van der Waals surface area contributed by atoms with E-state index in [1.54, 1.807) is 6.20 Å². The molecule has 0 unspecified atom stereocenters. The van der Waals surface area contributed by atoms with Crippen LogP contribution < -0.4 is 0 Å². The van der Waals surface area contributed by atoms with E-state index in [0.717, 1.165) is 17.0 Å². The van der Waals surface area contributed by atoms with Crippen LogP contribution in [-0.4, -0.2) is 9.97 Å². The predicted molar refractivity (Wildman–Crippen MR) is 57.2 cm³/mol. The van der Waals surface area contributed by atoms with Gasteiger partial charge in [0.1, 0.15) is 0 Å². The minimum atomic E-state index is 0.464. The molecule has 1 aromatic carbocycles. The van der Waals surface area contributed by atoms with Gasteiger partial charge in [0.05, 0.1) is 17.6 Å². The van der Waals surface area contributed by atoms with E-state index in [0.29, 0.717) is 5.15 Å². The van der Waals surface area contributed by atoms with E-state index in [1.165, 1.54) is 0 Å². The third kappa shape index (κ3) is 1.75. The second-order valence-electron chi connectivity index (χ2n) is 3.00. The first-order valence-corrected chi connectivity index (χ1v) is 4.70. The number of hydrogen-bond donors (Lipinski definition) is 0. The van der Waals surface area contributed by atoms with E-state index >= 15 is 0 Å². The standard InChI is InChI=1S/C11H9ClN2/c1-8-11(12)14-10(7-13-8)9-5-3-2-4-6-9/h2-7H,1H3. The van der Waals surface area contributed by atoms with Crippen molar-refractivity contribution >= 4 is 11.6 Å². The molecule has 0 saturated carbocycles. The van der Waals surface area contributed by atoms with Gasteiger partial charge < -0.3 is 0 Å². The molecule has 0 fully saturated rings. The highest BCUT2D eigenvalue weighted by Gasteiger charge is 2.02. The molecule has 0 saturated heterocycles. The molecule has 0 radical (unpaired) electrons. The van der Waals surface area contributed by atoms with Crippen LogP contribution in [0.1, 0.15) is 5.69 Å². The molecule has 0 amide bonds. The average molecular weight is 205 g/mol. The Labute approximate surface area is 87.6 Å². The maximum atomic E-state index is 5.89. The maximum Gasteiger partial charge on any atom is 0.150 e. The Balaban J connectivity index is 2.48. The molecule has 2 aromatic rings. The molecule has 0 bridgehead atoms. The average Bonchev–Trinajstić information content (AvgIpc) is 2.23. The van der Waals surface area contributed by atoms with Crippen LogP contribution in [0.4, 0.5) is 0 Å². The fraction of sp³-hybridized carbons (Fsp3) is 0.0909. The first-order valence-electron chi connectivity index (χ1n) is 4.32. The van der Waals surface area contributed by atoms with Crippen LogP contribution in [0.25, 0.3) is 11.3 Å². The monoisotopic (exact) mass is 204 g/mol. The number of benzene rings is 1.